The molecule has 3 N–H and O–H groups in total. The second-order valence-electron chi connectivity index (χ2n) is 7.01. The van der Waals surface area contributed by atoms with Crippen molar-refractivity contribution in [3.63, 3.8) is 0 Å². The summed E-state index contributed by atoms with van der Waals surface area (Å²) in [4.78, 5) is 34.7. The molecule has 0 heterocycles. The zero-order valence-electron chi connectivity index (χ0n) is 19.3. The average molecular weight is 448 g/mol. The molecular weight excluding hydrogens is 406 g/mol. The molecule has 182 valence electrons. The molecule has 0 saturated carbocycles. The fourth-order valence-corrected chi connectivity index (χ4v) is 2.24. The van der Waals surface area contributed by atoms with E-state index in [4.69, 9.17) is 18.9 Å². The van der Waals surface area contributed by atoms with Crippen molar-refractivity contribution in [1.29, 1.82) is 0 Å². The minimum absolute atomic E-state index is 0.0139. The number of hydrogen-bond donors (Lipinski definition) is 3. The Labute approximate surface area is 186 Å². The van der Waals surface area contributed by atoms with E-state index in [0.29, 0.717) is 59.2 Å². The average Bonchev–Trinajstić information content (AvgIpc) is 2.76. The first-order valence-corrected chi connectivity index (χ1v) is 11.0. The quantitative estimate of drug-likeness (QED) is 0.197. The Morgan fingerprint density at radius 3 is 1.87 bits per heavy atom. The molecule has 0 fully saturated rings. The third-order valence-corrected chi connectivity index (χ3v) is 4.35. The first kappa shape index (κ1) is 29.4. The normalized spacial score (nSPS) is 11.8. The SMILES string of the molecule is CCC(C)C(=O)COCCOCCNC(=O)COCCOCCNC(=O)CCCNC. The summed E-state index contributed by atoms with van der Waals surface area (Å²) >= 11 is 0. The van der Waals surface area contributed by atoms with E-state index in [1.807, 2.05) is 20.9 Å². The molecule has 0 aromatic rings. The molecule has 0 aliphatic rings. The third-order valence-electron chi connectivity index (χ3n) is 4.35. The number of amides is 2. The molecule has 0 aromatic heterocycles. The fourth-order valence-electron chi connectivity index (χ4n) is 2.24. The van der Waals surface area contributed by atoms with Gasteiger partial charge < -0.3 is 34.9 Å². The van der Waals surface area contributed by atoms with Gasteiger partial charge in [-0.1, -0.05) is 13.8 Å². The minimum Gasteiger partial charge on any atom is -0.377 e. The number of carbonyl (C=O) groups excluding carboxylic acids is 3. The van der Waals surface area contributed by atoms with Gasteiger partial charge in [-0.05, 0) is 26.4 Å². The molecule has 10 heteroatoms. The van der Waals surface area contributed by atoms with Crippen molar-refractivity contribution in [2.75, 3.05) is 79.5 Å². The van der Waals surface area contributed by atoms with Gasteiger partial charge in [0.25, 0.3) is 0 Å². The van der Waals surface area contributed by atoms with Gasteiger partial charge in [0.05, 0.1) is 39.6 Å². The van der Waals surface area contributed by atoms with Crippen LogP contribution in [-0.2, 0) is 33.3 Å². The molecule has 0 radical (unpaired) electrons. The monoisotopic (exact) mass is 447 g/mol. The van der Waals surface area contributed by atoms with Gasteiger partial charge in [0.15, 0.2) is 5.78 Å². The molecule has 0 saturated heterocycles. The van der Waals surface area contributed by atoms with Gasteiger partial charge in [-0.25, -0.2) is 0 Å². The van der Waals surface area contributed by atoms with E-state index in [1.54, 1.807) is 0 Å². The molecular formula is C21H41N3O7. The number of hydrogen-bond acceptors (Lipinski definition) is 8. The highest BCUT2D eigenvalue weighted by Crippen LogP contribution is 2.01. The van der Waals surface area contributed by atoms with Crippen LogP contribution in [-0.4, -0.2) is 97.1 Å². The molecule has 0 rings (SSSR count). The molecule has 0 spiro atoms. The lowest BCUT2D eigenvalue weighted by Gasteiger charge is -2.09. The summed E-state index contributed by atoms with van der Waals surface area (Å²) in [6.07, 6.45) is 2.12. The van der Waals surface area contributed by atoms with Crippen LogP contribution in [0, 0.1) is 5.92 Å². The van der Waals surface area contributed by atoms with Crippen LogP contribution < -0.4 is 16.0 Å². The largest absolute Gasteiger partial charge is 0.377 e. The zero-order valence-corrected chi connectivity index (χ0v) is 19.3. The smallest absolute Gasteiger partial charge is 0.246 e. The summed E-state index contributed by atoms with van der Waals surface area (Å²) in [5.74, 6) is -0.0914. The van der Waals surface area contributed by atoms with Crippen LogP contribution >= 0.6 is 0 Å². The fraction of sp³-hybridized carbons (Fsp3) is 0.857. The van der Waals surface area contributed by atoms with Crippen molar-refractivity contribution in [1.82, 2.24) is 16.0 Å². The maximum atomic E-state index is 11.6. The Morgan fingerprint density at radius 1 is 0.742 bits per heavy atom. The summed E-state index contributed by atoms with van der Waals surface area (Å²) in [7, 11) is 1.85. The number of Topliss-reactive ketones (excluding diaryl/α,β-unsaturated/α-hetero) is 1. The Kier molecular flexibility index (Phi) is 20.5. The number of carbonyl (C=O) groups is 3. The molecule has 0 bridgehead atoms. The van der Waals surface area contributed by atoms with Crippen molar-refractivity contribution in [2.24, 2.45) is 5.92 Å². The number of ketones is 1. The number of rotatable bonds is 22. The summed E-state index contributed by atoms with van der Waals surface area (Å²) in [5.41, 5.74) is 0. The van der Waals surface area contributed by atoms with Crippen molar-refractivity contribution >= 4 is 17.6 Å². The van der Waals surface area contributed by atoms with Crippen molar-refractivity contribution in [2.45, 2.75) is 33.1 Å². The number of nitrogens with one attached hydrogen (secondary N) is 3. The van der Waals surface area contributed by atoms with Crippen LogP contribution in [0.4, 0.5) is 0 Å². The van der Waals surface area contributed by atoms with Crippen LogP contribution in [0.3, 0.4) is 0 Å². The van der Waals surface area contributed by atoms with E-state index >= 15 is 0 Å². The van der Waals surface area contributed by atoms with Gasteiger partial charge in [0.2, 0.25) is 11.8 Å². The van der Waals surface area contributed by atoms with Crippen molar-refractivity contribution in [3.8, 4) is 0 Å². The maximum Gasteiger partial charge on any atom is 0.246 e. The van der Waals surface area contributed by atoms with Gasteiger partial charge in [-0.2, -0.15) is 0 Å². The molecule has 31 heavy (non-hydrogen) atoms. The van der Waals surface area contributed by atoms with Crippen molar-refractivity contribution < 1.29 is 33.3 Å². The summed E-state index contributed by atoms with van der Waals surface area (Å²) in [5, 5.41) is 8.45. The Balaban J connectivity index is 3.33. The lowest BCUT2D eigenvalue weighted by atomic mass is 10.1. The second-order valence-corrected chi connectivity index (χ2v) is 7.01. The van der Waals surface area contributed by atoms with Gasteiger partial charge in [-0.3, -0.25) is 14.4 Å². The number of ether oxygens (including phenoxy) is 4. The summed E-state index contributed by atoms with van der Waals surface area (Å²) < 4.78 is 21.2. The van der Waals surface area contributed by atoms with E-state index in [9.17, 15) is 14.4 Å². The molecule has 0 aliphatic carbocycles. The van der Waals surface area contributed by atoms with Crippen LogP contribution in [0.25, 0.3) is 0 Å². The van der Waals surface area contributed by atoms with E-state index in [2.05, 4.69) is 16.0 Å². The first-order chi connectivity index (χ1) is 15.0. The van der Waals surface area contributed by atoms with Crippen molar-refractivity contribution in [3.05, 3.63) is 0 Å². The standard InChI is InChI=1S/C21H41N3O7/c1-4-18(2)19(25)16-30-14-12-29-11-9-24-21(27)17-31-15-13-28-10-8-23-20(26)6-5-7-22-3/h18,22H,4-17H2,1-3H3,(H,23,26)(H,24,27). The summed E-state index contributed by atoms with van der Waals surface area (Å²) in [6.45, 7) is 7.70. The second kappa shape index (κ2) is 21.6. The van der Waals surface area contributed by atoms with Gasteiger partial charge >= 0.3 is 0 Å². The predicted molar refractivity (Wildman–Crippen MR) is 117 cm³/mol. The summed E-state index contributed by atoms with van der Waals surface area (Å²) in [6, 6.07) is 0. The maximum absolute atomic E-state index is 11.6. The predicted octanol–water partition coefficient (Wildman–Crippen LogP) is -0.1000. The highest BCUT2D eigenvalue weighted by Gasteiger charge is 2.10. The molecule has 0 aliphatic heterocycles. The molecule has 2 amide bonds. The highest BCUT2D eigenvalue weighted by molar-refractivity contribution is 5.81. The van der Waals surface area contributed by atoms with Crippen LogP contribution in [0.5, 0.6) is 0 Å². The van der Waals surface area contributed by atoms with Crippen LogP contribution in [0.2, 0.25) is 0 Å². The van der Waals surface area contributed by atoms with E-state index in [-0.39, 0.29) is 36.7 Å². The molecule has 1 atom stereocenters. The lowest BCUT2D eigenvalue weighted by Crippen LogP contribution is -2.31. The van der Waals surface area contributed by atoms with Gasteiger partial charge in [0.1, 0.15) is 13.2 Å². The lowest BCUT2D eigenvalue weighted by molar-refractivity contribution is -0.128. The third kappa shape index (κ3) is 20.1. The Bertz CT molecular complexity index is 478. The van der Waals surface area contributed by atoms with Gasteiger partial charge in [0, 0.05) is 25.4 Å². The Morgan fingerprint density at radius 2 is 1.29 bits per heavy atom. The van der Waals surface area contributed by atoms with Gasteiger partial charge in [-0.15, -0.1) is 0 Å². The van der Waals surface area contributed by atoms with E-state index in [1.165, 1.54) is 0 Å². The minimum atomic E-state index is -0.229. The first-order valence-electron chi connectivity index (χ1n) is 11.0. The molecule has 0 aromatic carbocycles. The van der Waals surface area contributed by atoms with E-state index < -0.39 is 0 Å². The highest BCUT2D eigenvalue weighted by atomic mass is 16.5. The van der Waals surface area contributed by atoms with Crippen LogP contribution in [0.15, 0.2) is 0 Å². The topological polar surface area (TPSA) is 124 Å². The molecule has 10 nitrogen and oxygen atoms in total. The van der Waals surface area contributed by atoms with Crippen LogP contribution in [0.1, 0.15) is 33.1 Å². The van der Waals surface area contributed by atoms with E-state index in [0.717, 1.165) is 19.4 Å². The molecule has 1 unspecified atom stereocenters. The Hall–Kier alpha value is -1.59. The zero-order chi connectivity index (χ0) is 23.2.